The van der Waals surface area contributed by atoms with Gasteiger partial charge in [-0.2, -0.15) is 0 Å². The van der Waals surface area contributed by atoms with Crippen LogP contribution in [-0.2, 0) is 13.1 Å². The zero-order chi connectivity index (χ0) is 14.1. The van der Waals surface area contributed by atoms with Gasteiger partial charge >= 0.3 is 0 Å². The number of carbonyl (C=O) groups is 1. The molecule has 0 unspecified atom stereocenters. The number of amides is 1. The van der Waals surface area contributed by atoms with E-state index in [4.69, 9.17) is 0 Å². The number of halogens is 1. The monoisotopic (exact) mass is 274 g/mol. The second-order valence-corrected chi connectivity index (χ2v) is 4.87. The summed E-state index contributed by atoms with van der Waals surface area (Å²) in [6.45, 7) is 4.09. The minimum absolute atomic E-state index is 0.300. The third kappa shape index (κ3) is 2.42. The predicted molar refractivity (Wildman–Crippen MR) is 73.0 cm³/mol. The molecule has 1 aromatic heterocycles. The van der Waals surface area contributed by atoms with Gasteiger partial charge in [0.25, 0.3) is 5.91 Å². The van der Waals surface area contributed by atoms with Crippen LogP contribution in [0.4, 0.5) is 10.3 Å². The van der Waals surface area contributed by atoms with Crippen LogP contribution in [0.5, 0.6) is 0 Å². The first-order valence-corrected chi connectivity index (χ1v) is 6.47. The van der Waals surface area contributed by atoms with E-state index < -0.39 is 5.82 Å². The van der Waals surface area contributed by atoms with Crippen molar-refractivity contribution in [1.82, 2.24) is 14.9 Å². The van der Waals surface area contributed by atoms with E-state index in [0.29, 0.717) is 17.1 Å². The number of rotatable bonds is 2. The van der Waals surface area contributed by atoms with Crippen LogP contribution >= 0.6 is 0 Å². The van der Waals surface area contributed by atoms with Gasteiger partial charge in [0.2, 0.25) is 5.95 Å². The number of aromatic nitrogens is 2. The number of nitrogens with zero attached hydrogens (tertiary/aromatic N) is 2. The highest BCUT2D eigenvalue weighted by Gasteiger charge is 2.16. The van der Waals surface area contributed by atoms with Crippen molar-refractivity contribution in [2.75, 3.05) is 11.9 Å². The van der Waals surface area contributed by atoms with Gasteiger partial charge in [-0.15, -0.1) is 0 Å². The van der Waals surface area contributed by atoms with Crippen molar-refractivity contribution < 1.29 is 9.18 Å². The van der Waals surface area contributed by atoms with Crippen molar-refractivity contribution in [1.29, 1.82) is 0 Å². The smallest absolute Gasteiger partial charge is 0.258 e. The number of anilines is 1. The lowest BCUT2D eigenvalue weighted by Crippen LogP contribution is -2.29. The van der Waals surface area contributed by atoms with E-state index >= 15 is 0 Å². The Morgan fingerprint density at radius 3 is 3.10 bits per heavy atom. The minimum Gasteiger partial charge on any atom is -0.312 e. The number of aryl methyl sites for hydroxylation is 1. The zero-order valence-electron chi connectivity index (χ0n) is 11.1. The minimum atomic E-state index is -0.413. The molecule has 0 saturated heterocycles. The van der Waals surface area contributed by atoms with Crippen molar-refractivity contribution in [3.8, 4) is 0 Å². The van der Waals surface area contributed by atoms with Crippen LogP contribution in [0.15, 0.2) is 24.4 Å². The Labute approximate surface area is 115 Å². The summed E-state index contributed by atoms with van der Waals surface area (Å²) in [5.41, 5.74) is 2.04. The Balaban J connectivity index is 1.84. The van der Waals surface area contributed by atoms with Crippen molar-refractivity contribution in [2.45, 2.75) is 20.0 Å². The fraction of sp³-hybridized carbons (Fsp3) is 0.286. The number of hydrogen-bond donors (Lipinski definition) is 2. The number of nitrogens with one attached hydrogen (secondary N) is 2. The molecule has 2 heterocycles. The van der Waals surface area contributed by atoms with Crippen LogP contribution < -0.4 is 10.6 Å². The predicted octanol–water partition coefficient (Wildman–Crippen LogP) is 1.69. The second-order valence-electron chi connectivity index (χ2n) is 4.87. The third-order valence-corrected chi connectivity index (χ3v) is 3.29. The summed E-state index contributed by atoms with van der Waals surface area (Å²) in [5.74, 6) is -0.252. The molecule has 0 saturated carbocycles. The van der Waals surface area contributed by atoms with Gasteiger partial charge in [0.1, 0.15) is 5.82 Å². The van der Waals surface area contributed by atoms with Gasteiger partial charge in [-0.3, -0.25) is 10.1 Å². The van der Waals surface area contributed by atoms with E-state index in [9.17, 15) is 9.18 Å². The molecule has 20 heavy (non-hydrogen) atoms. The Bertz CT molecular complexity index is 645. The van der Waals surface area contributed by atoms with E-state index in [0.717, 1.165) is 25.3 Å². The molecule has 0 fully saturated rings. The molecule has 0 aliphatic carbocycles. The number of hydrogen-bond acceptors (Lipinski definition) is 3. The summed E-state index contributed by atoms with van der Waals surface area (Å²) in [4.78, 5) is 16.4. The van der Waals surface area contributed by atoms with Crippen LogP contribution in [0.2, 0.25) is 0 Å². The number of imidazole rings is 1. The van der Waals surface area contributed by atoms with Crippen LogP contribution in [0.1, 0.15) is 21.6 Å². The molecule has 2 aromatic rings. The van der Waals surface area contributed by atoms with E-state index in [-0.39, 0.29) is 5.91 Å². The molecular formula is C14H15FN4O. The molecule has 3 rings (SSSR count). The first kappa shape index (κ1) is 12.8. The fourth-order valence-electron chi connectivity index (χ4n) is 2.35. The Kier molecular flexibility index (Phi) is 3.23. The molecule has 6 heteroatoms. The molecule has 1 amide bonds. The van der Waals surface area contributed by atoms with Gasteiger partial charge in [0, 0.05) is 25.2 Å². The molecular weight excluding hydrogens is 259 g/mol. The molecule has 104 valence electrons. The fourth-order valence-corrected chi connectivity index (χ4v) is 2.35. The molecule has 0 atom stereocenters. The topological polar surface area (TPSA) is 59.0 Å². The number of carbonyl (C=O) groups excluding carboxylic acids is 1. The van der Waals surface area contributed by atoms with E-state index in [1.54, 1.807) is 19.2 Å². The summed E-state index contributed by atoms with van der Waals surface area (Å²) >= 11 is 0. The standard InChI is InChI=1S/C14H15FN4O/c1-9-4-10(6-11(15)5-9)13(20)18-14-17-8-12-7-16-2-3-19(12)14/h4-6,8,16H,2-3,7H2,1H3,(H,17,18,20). The average Bonchev–Trinajstić information content (AvgIpc) is 2.81. The Hall–Kier alpha value is -2.21. The van der Waals surface area contributed by atoms with Gasteiger partial charge in [-0.05, 0) is 30.7 Å². The molecule has 1 aliphatic rings. The van der Waals surface area contributed by atoms with E-state index in [2.05, 4.69) is 15.6 Å². The van der Waals surface area contributed by atoms with Crippen molar-refractivity contribution in [2.24, 2.45) is 0 Å². The van der Waals surface area contributed by atoms with Crippen LogP contribution in [0.25, 0.3) is 0 Å². The molecule has 1 aliphatic heterocycles. The lowest BCUT2D eigenvalue weighted by molar-refractivity contribution is 0.102. The quantitative estimate of drug-likeness (QED) is 0.876. The highest BCUT2D eigenvalue weighted by Crippen LogP contribution is 2.15. The largest absolute Gasteiger partial charge is 0.312 e. The average molecular weight is 274 g/mol. The SMILES string of the molecule is Cc1cc(F)cc(C(=O)Nc2ncc3n2CCNC3)c1. The van der Waals surface area contributed by atoms with Gasteiger partial charge in [-0.1, -0.05) is 0 Å². The van der Waals surface area contributed by atoms with Crippen LogP contribution in [0.3, 0.4) is 0 Å². The molecule has 0 spiro atoms. The highest BCUT2D eigenvalue weighted by atomic mass is 19.1. The zero-order valence-corrected chi connectivity index (χ0v) is 11.1. The summed E-state index contributed by atoms with van der Waals surface area (Å²) in [6.07, 6.45) is 1.73. The van der Waals surface area contributed by atoms with Crippen LogP contribution in [0, 0.1) is 12.7 Å². The Morgan fingerprint density at radius 1 is 1.45 bits per heavy atom. The Morgan fingerprint density at radius 2 is 2.30 bits per heavy atom. The molecule has 1 aromatic carbocycles. The van der Waals surface area contributed by atoms with Gasteiger partial charge in [0.05, 0.1) is 11.9 Å². The second kappa shape index (κ2) is 5.05. The third-order valence-electron chi connectivity index (χ3n) is 3.29. The molecule has 0 bridgehead atoms. The van der Waals surface area contributed by atoms with E-state index in [1.165, 1.54) is 12.1 Å². The van der Waals surface area contributed by atoms with Gasteiger partial charge in [-0.25, -0.2) is 9.37 Å². The van der Waals surface area contributed by atoms with Gasteiger partial charge in [0.15, 0.2) is 0 Å². The van der Waals surface area contributed by atoms with Crippen molar-refractivity contribution in [3.63, 3.8) is 0 Å². The first-order chi connectivity index (χ1) is 9.63. The maximum absolute atomic E-state index is 13.3. The lowest BCUT2D eigenvalue weighted by Gasteiger charge is -2.17. The molecule has 0 radical (unpaired) electrons. The number of benzene rings is 1. The molecule has 5 nitrogen and oxygen atoms in total. The van der Waals surface area contributed by atoms with Crippen molar-refractivity contribution in [3.05, 3.63) is 47.0 Å². The summed E-state index contributed by atoms with van der Waals surface area (Å²) in [6, 6.07) is 4.27. The first-order valence-electron chi connectivity index (χ1n) is 6.47. The lowest BCUT2D eigenvalue weighted by atomic mass is 10.1. The highest BCUT2D eigenvalue weighted by molar-refractivity contribution is 6.03. The van der Waals surface area contributed by atoms with E-state index in [1.807, 2.05) is 4.57 Å². The summed E-state index contributed by atoms with van der Waals surface area (Å²) < 4.78 is 15.3. The maximum Gasteiger partial charge on any atom is 0.258 e. The maximum atomic E-state index is 13.3. The van der Waals surface area contributed by atoms with Gasteiger partial charge < -0.3 is 9.88 Å². The van der Waals surface area contributed by atoms with Crippen LogP contribution in [-0.4, -0.2) is 22.0 Å². The summed E-state index contributed by atoms with van der Waals surface area (Å²) in [5, 5.41) is 5.97. The number of fused-ring (bicyclic) bond motifs is 1. The van der Waals surface area contributed by atoms with Crippen molar-refractivity contribution >= 4 is 11.9 Å². The normalized spacial score (nSPS) is 13.9. The molecule has 2 N–H and O–H groups in total. The summed E-state index contributed by atoms with van der Waals surface area (Å²) in [7, 11) is 0.